The van der Waals surface area contributed by atoms with Gasteiger partial charge < -0.3 is 5.73 Å². The van der Waals surface area contributed by atoms with E-state index in [1.54, 1.807) is 18.3 Å². The average molecular weight is 162 g/mol. The van der Waals surface area contributed by atoms with Crippen molar-refractivity contribution in [3.05, 3.63) is 36.3 Å². The van der Waals surface area contributed by atoms with Gasteiger partial charge in [-0.1, -0.05) is 0 Å². The van der Waals surface area contributed by atoms with Crippen LogP contribution in [0.4, 0.5) is 10.1 Å². The van der Waals surface area contributed by atoms with Crippen molar-refractivity contribution in [2.24, 2.45) is 0 Å². The van der Waals surface area contributed by atoms with Gasteiger partial charge in [-0.3, -0.25) is 4.98 Å². The highest BCUT2D eigenvalue weighted by Gasteiger charge is 1.96. The number of nitrogens with two attached hydrogens (primary N) is 1. The number of nitrogens with zero attached hydrogens (tertiary/aromatic N) is 1. The van der Waals surface area contributed by atoms with Gasteiger partial charge in [0.1, 0.15) is 5.82 Å². The fourth-order valence-corrected chi connectivity index (χ4v) is 1.12. The predicted molar refractivity (Wildman–Crippen MR) is 46.1 cm³/mol. The third kappa shape index (κ3) is 1.09. The van der Waals surface area contributed by atoms with Crippen LogP contribution in [0.1, 0.15) is 0 Å². The highest BCUT2D eigenvalue weighted by atomic mass is 19.1. The van der Waals surface area contributed by atoms with Crippen LogP contribution in [-0.4, -0.2) is 4.98 Å². The number of aromatic nitrogens is 1. The SMILES string of the molecule is Nc1cnc2ccc(F)cc2c1. The standard InChI is InChI=1S/C9H7FN2/c10-7-1-2-9-6(3-7)4-8(11)5-12-9/h1-5H,11H2. The molecule has 0 fully saturated rings. The van der Waals surface area contributed by atoms with Crippen LogP contribution in [0, 0.1) is 5.82 Å². The predicted octanol–water partition coefficient (Wildman–Crippen LogP) is 1.96. The smallest absolute Gasteiger partial charge is 0.123 e. The Morgan fingerprint density at radius 1 is 1.25 bits per heavy atom. The molecule has 0 amide bonds. The third-order valence-corrected chi connectivity index (χ3v) is 1.66. The lowest BCUT2D eigenvalue weighted by atomic mass is 10.2. The maximum absolute atomic E-state index is 12.7. The van der Waals surface area contributed by atoms with Crippen molar-refractivity contribution in [2.75, 3.05) is 5.73 Å². The largest absolute Gasteiger partial charge is 0.397 e. The van der Waals surface area contributed by atoms with Crippen LogP contribution in [0.5, 0.6) is 0 Å². The molecule has 1 aromatic heterocycles. The maximum Gasteiger partial charge on any atom is 0.123 e. The summed E-state index contributed by atoms with van der Waals surface area (Å²) in [6.45, 7) is 0. The molecule has 0 radical (unpaired) electrons. The lowest BCUT2D eigenvalue weighted by Crippen LogP contribution is -1.87. The van der Waals surface area contributed by atoms with Gasteiger partial charge in [-0.2, -0.15) is 0 Å². The first kappa shape index (κ1) is 7.03. The van der Waals surface area contributed by atoms with Crippen molar-refractivity contribution in [3.63, 3.8) is 0 Å². The fourth-order valence-electron chi connectivity index (χ4n) is 1.12. The normalized spacial score (nSPS) is 10.4. The molecule has 2 aromatic rings. The van der Waals surface area contributed by atoms with Gasteiger partial charge in [-0.05, 0) is 24.3 Å². The number of hydrogen-bond acceptors (Lipinski definition) is 2. The molecule has 2 nitrogen and oxygen atoms in total. The molecular weight excluding hydrogens is 155 g/mol. The van der Waals surface area contributed by atoms with Gasteiger partial charge in [0.2, 0.25) is 0 Å². The minimum Gasteiger partial charge on any atom is -0.397 e. The average Bonchev–Trinajstić information content (AvgIpc) is 2.03. The van der Waals surface area contributed by atoms with Crippen LogP contribution in [0.2, 0.25) is 0 Å². The number of anilines is 1. The first-order valence-electron chi connectivity index (χ1n) is 3.56. The second kappa shape index (κ2) is 2.44. The Morgan fingerprint density at radius 2 is 2.08 bits per heavy atom. The molecule has 2 N–H and O–H groups in total. The van der Waals surface area contributed by atoms with Crippen LogP contribution in [0.3, 0.4) is 0 Å². The molecule has 1 aromatic carbocycles. The number of halogens is 1. The van der Waals surface area contributed by atoms with E-state index >= 15 is 0 Å². The zero-order valence-electron chi connectivity index (χ0n) is 6.29. The maximum atomic E-state index is 12.7. The summed E-state index contributed by atoms with van der Waals surface area (Å²) in [6, 6.07) is 6.12. The number of rotatable bonds is 0. The Balaban J connectivity index is 2.80. The summed E-state index contributed by atoms with van der Waals surface area (Å²) in [5.41, 5.74) is 6.79. The third-order valence-electron chi connectivity index (χ3n) is 1.66. The van der Waals surface area contributed by atoms with E-state index < -0.39 is 0 Å². The van der Waals surface area contributed by atoms with Crippen LogP contribution < -0.4 is 5.73 Å². The van der Waals surface area contributed by atoms with E-state index in [2.05, 4.69) is 4.98 Å². The highest BCUT2D eigenvalue weighted by molar-refractivity contribution is 5.81. The molecule has 0 saturated heterocycles. The number of nitrogen functional groups attached to an aromatic ring is 1. The molecule has 12 heavy (non-hydrogen) atoms. The summed E-state index contributed by atoms with van der Waals surface area (Å²) in [6.07, 6.45) is 1.56. The first-order chi connectivity index (χ1) is 5.75. The molecule has 60 valence electrons. The molecule has 1 heterocycles. The van der Waals surface area contributed by atoms with Gasteiger partial charge in [-0.25, -0.2) is 4.39 Å². The van der Waals surface area contributed by atoms with Gasteiger partial charge in [0.25, 0.3) is 0 Å². The Hall–Kier alpha value is -1.64. The van der Waals surface area contributed by atoms with Crippen molar-refractivity contribution in [1.82, 2.24) is 4.98 Å². The molecule has 3 heteroatoms. The van der Waals surface area contributed by atoms with Crippen molar-refractivity contribution in [1.29, 1.82) is 0 Å². The number of pyridine rings is 1. The molecule has 0 spiro atoms. The summed E-state index contributed by atoms with van der Waals surface area (Å²) in [4.78, 5) is 4.03. The van der Waals surface area contributed by atoms with Gasteiger partial charge in [0, 0.05) is 5.39 Å². The van der Waals surface area contributed by atoms with Crippen molar-refractivity contribution in [3.8, 4) is 0 Å². The van der Waals surface area contributed by atoms with Gasteiger partial charge in [0.05, 0.1) is 17.4 Å². The van der Waals surface area contributed by atoms with E-state index in [0.29, 0.717) is 5.69 Å². The van der Waals surface area contributed by atoms with Gasteiger partial charge in [-0.15, -0.1) is 0 Å². The van der Waals surface area contributed by atoms with E-state index in [1.165, 1.54) is 12.1 Å². The Bertz CT molecular complexity index is 389. The summed E-state index contributed by atoms with van der Waals surface area (Å²) in [5, 5.41) is 0.731. The molecule has 0 unspecified atom stereocenters. The van der Waals surface area contributed by atoms with E-state index in [9.17, 15) is 4.39 Å². The topological polar surface area (TPSA) is 38.9 Å². The summed E-state index contributed by atoms with van der Waals surface area (Å²) in [5.74, 6) is -0.269. The zero-order valence-corrected chi connectivity index (χ0v) is 6.29. The van der Waals surface area contributed by atoms with Crippen LogP contribution in [-0.2, 0) is 0 Å². The van der Waals surface area contributed by atoms with Crippen molar-refractivity contribution in [2.45, 2.75) is 0 Å². The van der Waals surface area contributed by atoms with Gasteiger partial charge >= 0.3 is 0 Å². The van der Waals surface area contributed by atoms with E-state index in [1.807, 2.05) is 0 Å². The molecule has 0 atom stereocenters. The molecule has 0 aliphatic heterocycles. The van der Waals surface area contributed by atoms with E-state index in [0.717, 1.165) is 10.9 Å². The monoisotopic (exact) mass is 162 g/mol. The summed E-state index contributed by atoms with van der Waals surface area (Å²) >= 11 is 0. The molecule has 0 aliphatic rings. The van der Waals surface area contributed by atoms with Gasteiger partial charge in [0.15, 0.2) is 0 Å². The minimum absolute atomic E-state index is 0.269. The highest BCUT2D eigenvalue weighted by Crippen LogP contribution is 2.15. The molecule has 0 saturated carbocycles. The Labute approximate surface area is 68.8 Å². The lowest BCUT2D eigenvalue weighted by Gasteiger charge is -1.97. The van der Waals surface area contributed by atoms with Crippen molar-refractivity contribution >= 4 is 16.6 Å². The van der Waals surface area contributed by atoms with Crippen molar-refractivity contribution < 1.29 is 4.39 Å². The molecule has 0 aliphatic carbocycles. The first-order valence-corrected chi connectivity index (χ1v) is 3.56. The van der Waals surface area contributed by atoms with Crippen LogP contribution in [0.25, 0.3) is 10.9 Å². The zero-order chi connectivity index (χ0) is 8.55. The summed E-state index contributed by atoms with van der Waals surface area (Å²) < 4.78 is 12.7. The molecule has 2 rings (SSSR count). The lowest BCUT2D eigenvalue weighted by molar-refractivity contribution is 0.629. The van der Waals surface area contributed by atoms with E-state index in [-0.39, 0.29) is 5.82 Å². The summed E-state index contributed by atoms with van der Waals surface area (Å²) in [7, 11) is 0. The number of hydrogen-bond donors (Lipinski definition) is 1. The Kier molecular flexibility index (Phi) is 1.43. The fraction of sp³-hybridized carbons (Fsp3) is 0. The van der Waals surface area contributed by atoms with Crippen LogP contribution in [0.15, 0.2) is 30.5 Å². The number of fused-ring (bicyclic) bond motifs is 1. The second-order valence-electron chi connectivity index (χ2n) is 2.61. The second-order valence-corrected chi connectivity index (χ2v) is 2.61. The number of benzene rings is 1. The van der Waals surface area contributed by atoms with Crippen LogP contribution >= 0.6 is 0 Å². The minimum atomic E-state index is -0.269. The quantitative estimate of drug-likeness (QED) is 0.643. The molecular formula is C9H7FN2. The molecule has 0 bridgehead atoms. The van der Waals surface area contributed by atoms with E-state index in [4.69, 9.17) is 5.73 Å². The Morgan fingerprint density at radius 3 is 2.92 bits per heavy atom.